The predicted octanol–water partition coefficient (Wildman–Crippen LogP) is 3.90. The van der Waals surface area contributed by atoms with Crippen LogP contribution in [0, 0.1) is 0 Å². The summed E-state index contributed by atoms with van der Waals surface area (Å²) in [7, 11) is 0. The van der Waals surface area contributed by atoms with E-state index in [1.165, 1.54) is 17.5 Å². The Balaban J connectivity index is 2.83. The lowest BCUT2D eigenvalue weighted by atomic mass is 9.80. The summed E-state index contributed by atoms with van der Waals surface area (Å²) >= 11 is 0. The molecular formula is C15H22O. The first-order chi connectivity index (χ1) is 7.45. The highest BCUT2D eigenvalue weighted by molar-refractivity contribution is 5.77. The van der Waals surface area contributed by atoms with Gasteiger partial charge in [-0.25, -0.2) is 0 Å². The van der Waals surface area contributed by atoms with Crippen molar-refractivity contribution in [3.8, 4) is 0 Å². The van der Waals surface area contributed by atoms with Crippen LogP contribution in [0.4, 0.5) is 0 Å². The van der Waals surface area contributed by atoms with Gasteiger partial charge in [0.1, 0.15) is 5.78 Å². The van der Waals surface area contributed by atoms with E-state index >= 15 is 0 Å². The molecule has 0 N–H and O–H groups in total. The molecular weight excluding hydrogens is 196 g/mol. The minimum absolute atomic E-state index is 0.0451. The van der Waals surface area contributed by atoms with Gasteiger partial charge in [-0.1, -0.05) is 51.5 Å². The van der Waals surface area contributed by atoms with Gasteiger partial charge in [0.2, 0.25) is 0 Å². The highest BCUT2D eigenvalue weighted by atomic mass is 16.1. The molecule has 0 aromatic heterocycles. The van der Waals surface area contributed by atoms with Crippen molar-refractivity contribution >= 4 is 5.78 Å². The van der Waals surface area contributed by atoms with Crippen LogP contribution in [0.25, 0.3) is 0 Å². The maximum absolute atomic E-state index is 11.2. The van der Waals surface area contributed by atoms with Crippen LogP contribution >= 0.6 is 0 Å². The van der Waals surface area contributed by atoms with Gasteiger partial charge in [0.25, 0.3) is 0 Å². The van der Waals surface area contributed by atoms with Crippen molar-refractivity contribution in [2.45, 2.75) is 52.4 Å². The van der Waals surface area contributed by atoms with Gasteiger partial charge in [0.15, 0.2) is 0 Å². The number of Topliss-reactive ketones (excluding diaryl/α,β-unsaturated/α-hetero) is 1. The fourth-order valence-electron chi connectivity index (χ4n) is 2.14. The van der Waals surface area contributed by atoms with Crippen molar-refractivity contribution in [3.63, 3.8) is 0 Å². The number of carbonyl (C=O) groups is 1. The van der Waals surface area contributed by atoms with E-state index in [0.717, 1.165) is 6.42 Å². The molecule has 1 aromatic carbocycles. The Morgan fingerprint density at radius 3 is 2.19 bits per heavy atom. The monoisotopic (exact) mass is 218 g/mol. The predicted molar refractivity (Wildman–Crippen MR) is 68.8 cm³/mol. The standard InChI is InChI=1S/C15H22O/c1-5-6-13-7-9-14(10-8-13)15(3,4)11-12(2)16/h7-10H,5-6,11H2,1-4H3. The highest BCUT2D eigenvalue weighted by Crippen LogP contribution is 2.27. The lowest BCUT2D eigenvalue weighted by Gasteiger charge is -2.24. The SMILES string of the molecule is CCCc1ccc(C(C)(C)CC(C)=O)cc1. The molecule has 0 saturated carbocycles. The molecule has 88 valence electrons. The van der Waals surface area contributed by atoms with E-state index in [1.807, 2.05) is 0 Å². The molecule has 0 fully saturated rings. The summed E-state index contributed by atoms with van der Waals surface area (Å²) in [5.74, 6) is 0.252. The third-order valence-corrected chi connectivity index (χ3v) is 2.96. The molecule has 0 spiro atoms. The summed E-state index contributed by atoms with van der Waals surface area (Å²) < 4.78 is 0. The van der Waals surface area contributed by atoms with Crippen LogP contribution in [0.1, 0.15) is 51.7 Å². The first kappa shape index (κ1) is 13.0. The van der Waals surface area contributed by atoms with Gasteiger partial charge in [-0.2, -0.15) is 0 Å². The molecule has 1 heteroatoms. The van der Waals surface area contributed by atoms with Crippen molar-refractivity contribution in [1.29, 1.82) is 0 Å². The molecule has 0 amide bonds. The van der Waals surface area contributed by atoms with E-state index in [9.17, 15) is 4.79 Å². The van der Waals surface area contributed by atoms with E-state index in [1.54, 1.807) is 6.92 Å². The van der Waals surface area contributed by atoms with Crippen LogP contribution in [0.2, 0.25) is 0 Å². The van der Waals surface area contributed by atoms with Crippen molar-refractivity contribution in [2.24, 2.45) is 0 Å². The van der Waals surface area contributed by atoms with Crippen LogP contribution in [0.15, 0.2) is 24.3 Å². The zero-order valence-corrected chi connectivity index (χ0v) is 10.8. The highest BCUT2D eigenvalue weighted by Gasteiger charge is 2.22. The Hall–Kier alpha value is -1.11. The fourth-order valence-corrected chi connectivity index (χ4v) is 2.14. The second kappa shape index (κ2) is 5.29. The van der Waals surface area contributed by atoms with Crippen LogP contribution < -0.4 is 0 Å². The van der Waals surface area contributed by atoms with E-state index in [4.69, 9.17) is 0 Å². The fraction of sp³-hybridized carbons (Fsp3) is 0.533. The van der Waals surface area contributed by atoms with Gasteiger partial charge >= 0.3 is 0 Å². The zero-order valence-electron chi connectivity index (χ0n) is 10.8. The van der Waals surface area contributed by atoms with E-state index in [2.05, 4.69) is 45.0 Å². The van der Waals surface area contributed by atoms with Gasteiger partial charge in [0, 0.05) is 6.42 Å². The average molecular weight is 218 g/mol. The zero-order chi connectivity index (χ0) is 12.2. The summed E-state index contributed by atoms with van der Waals surface area (Å²) in [5, 5.41) is 0. The van der Waals surface area contributed by atoms with Gasteiger partial charge in [-0.05, 0) is 29.9 Å². The number of aryl methyl sites for hydroxylation is 1. The van der Waals surface area contributed by atoms with Gasteiger partial charge < -0.3 is 0 Å². The number of ketones is 1. The lowest BCUT2D eigenvalue weighted by Crippen LogP contribution is -2.20. The molecule has 16 heavy (non-hydrogen) atoms. The Bertz CT molecular complexity index is 346. The summed E-state index contributed by atoms with van der Waals surface area (Å²) in [6.45, 7) is 8.10. The number of benzene rings is 1. The topological polar surface area (TPSA) is 17.1 Å². The first-order valence-electron chi connectivity index (χ1n) is 6.04. The second-order valence-corrected chi connectivity index (χ2v) is 5.21. The van der Waals surface area contributed by atoms with E-state index in [-0.39, 0.29) is 11.2 Å². The molecule has 0 atom stereocenters. The van der Waals surface area contributed by atoms with Crippen LogP contribution in [-0.4, -0.2) is 5.78 Å². The molecule has 0 radical (unpaired) electrons. The Kier molecular flexibility index (Phi) is 4.28. The molecule has 0 unspecified atom stereocenters. The molecule has 0 bridgehead atoms. The summed E-state index contributed by atoms with van der Waals surface area (Å²) in [5.41, 5.74) is 2.59. The summed E-state index contributed by atoms with van der Waals surface area (Å²) in [6.07, 6.45) is 2.92. The normalized spacial score (nSPS) is 11.5. The Morgan fingerprint density at radius 1 is 1.19 bits per heavy atom. The Morgan fingerprint density at radius 2 is 1.75 bits per heavy atom. The van der Waals surface area contributed by atoms with E-state index in [0.29, 0.717) is 6.42 Å². The lowest BCUT2D eigenvalue weighted by molar-refractivity contribution is -0.118. The maximum atomic E-state index is 11.2. The van der Waals surface area contributed by atoms with Crippen LogP contribution in [0.3, 0.4) is 0 Å². The molecule has 0 heterocycles. The second-order valence-electron chi connectivity index (χ2n) is 5.21. The minimum Gasteiger partial charge on any atom is -0.300 e. The van der Waals surface area contributed by atoms with Crippen molar-refractivity contribution in [3.05, 3.63) is 35.4 Å². The number of hydrogen-bond acceptors (Lipinski definition) is 1. The van der Waals surface area contributed by atoms with Crippen molar-refractivity contribution < 1.29 is 4.79 Å². The quantitative estimate of drug-likeness (QED) is 0.732. The van der Waals surface area contributed by atoms with Gasteiger partial charge in [-0.3, -0.25) is 4.79 Å². The molecule has 0 aliphatic heterocycles. The molecule has 1 nitrogen and oxygen atoms in total. The van der Waals surface area contributed by atoms with E-state index < -0.39 is 0 Å². The third-order valence-electron chi connectivity index (χ3n) is 2.96. The molecule has 0 saturated heterocycles. The summed E-state index contributed by atoms with van der Waals surface area (Å²) in [6, 6.07) is 8.68. The van der Waals surface area contributed by atoms with Gasteiger partial charge in [0.05, 0.1) is 0 Å². The molecule has 1 rings (SSSR count). The van der Waals surface area contributed by atoms with Crippen LogP contribution in [0.5, 0.6) is 0 Å². The van der Waals surface area contributed by atoms with Gasteiger partial charge in [-0.15, -0.1) is 0 Å². The Labute approximate surface area is 98.9 Å². The molecule has 0 aliphatic rings. The molecule has 1 aromatic rings. The smallest absolute Gasteiger partial charge is 0.130 e. The largest absolute Gasteiger partial charge is 0.300 e. The van der Waals surface area contributed by atoms with Crippen LogP contribution in [-0.2, 0) is 16.6 Å². The maximum Gasteiger partial charge on any atom is 0.130 e. The molecule has 0 aliphatic carbocycles. The van der Waals surface area contributed by atoms with Crippen molar-refractivity contribution in [2.75, 3.05) is 0 Å². The average Bonchev–Trinajstić information content (AvgIpc) is 2.17. The summed E-state index contributed by atoms with van der Waals surface area (Å²) in [4.78, 5) is 11.2. The number of carbonyl (C=O) groups excluding carboxylic acids is 1. The minimum atomic E-state index is -0.0451. The number of rotatable bonds is 5. The number of hydrogen-bond donors (Lipinski definition) is 0. The first-order valence-corrected chi connectivity index (χ1v) is 6.04. The third kappa shape index (κ3) is 3.48. The van der Waals surface area contributed by atoms with Crippen molar-refractivity contribution in [1.82, 2.24) is 0 Å².